The van der Waals surface area contributed by atoms with Gasteiger partial charge in [0.1, 0.15) is 0 Å². The molecule has 1 fully saturated rings. The summed E-state index contributed by atoms with van der Waals surface area (Å²) < 4.78 is 43.6. The Labute approximate surface area is 62.8 Å². The molecule has 0 radical (unpaired) electrons. The van der Waals surface area contributed by atoms with Gasteiger partial charge in [0, 0.05) is 11.2 Å². The van der Waals surface area contributed by atoms with E-state index in [2.05, 4.69) is 12.9 Å². The second kappa shape index (κ2) is 2.71. The summed E-state index contributed by atoms with van der Waals surface area (Å²) in [4.78, 5) is 8.56. The fraction of sp³-hybridized carbons (Fsp3) is 1.00. The van der Waals surface area contributed by atoms with Crippen molar-refractivity contribution in [2.75, 3.05) is 6.66 Å². The molecule has 1 rings (SSSR count). The Kier molecular flexibility index (Phi) is 2.34. The third kappa shape index (κ3) is 2.73. The molecule has 0 bridgehead atoms. The van der Waals surface area contributed by atoms with E-state index in [1.54, 1.807) is 0 Å². The molecule has 1 saturated heterocycles. The number of hydrogen-bond acceptors (Lipinski definition) is 6. The molecular weight excluding hydrogens is 217 g/mol. The van der Waals surface area contributed by atoms with Gasteiger partial charge in [-0.2, -0.15) is 0 Å². The zero-order valence-electron chi connectivity index (χ0n) is 5.24. The molecule has 0 aliphatic carbocycles. The van der Waals surface area contributed by atoms with Crippen LogP contribution < -0.4 is 0 Å². The number of hydrogen-bond donors (Lipinski definition) is 1. The van der Waals surface area contributed by atoms with Crippen molar-refractivity contribution >= 4 is 23.7 Å². The molecule has 7 nitrogen and oxygen atoms in total. The van der Waals surface area contributed by atoms with E-state index in [1.807, 2.05) is 0 Å². The number of rotatable bonds is 0. The van der Waals surface area contributed by atoms with Gasteiger partial charge in [0.15, 0.2) is 0 Å². The van der Waals surface area contributed by atoms with E-state index in [1.165, 1.54) is 0 Å². The highest BCUT2D eigenvalue weighted by atomic mass is 31.3. The third-order valence-electron chi connectivity index (χ3n) is 0.636. The van der Waals surface area contributed by atoms with Gasteiger partial charge in [-0.15, -0.1) is 0 Å². The van der Waals surface area contributed by atoms with Crippen molar-refractivity contribution in [3.63, 3.8) is 0 Å². The van der Waals surface area contributed by atoms with Crippen LogP contribution in [0.4, 0.5) is 0 Å². The molecule has 0 amide bonds. The van der Waals surface area contributed by atoms with Crippen molar-refractivity contribution in [2.45, 2.75) is 0 Å². The fourth-order valence-corrected chi connectivity index (χ4v) is 4.74. The van der Waals surface area contributed by atoms with Crippen molar-refractivity contribution in [3.05, 3.63) is 0 Å². The highest BCUT2D eigenvalue weighted by Crippen LogP contribution is 2.72. The van der Waals surface area contributed by atoms with Crippen molar-refractivity contribution in [1.29, 1.82) is 0 Å². The van der Waals surface area contributed by atoms with Crippen LogP contribution in [-0.4, -0.2) is 11.6 Å². The summed E-state index contributed by atoms with van der Waals surface area (Å²) in [6, 6.07) is 0. The van der Waals surface area contributed by atoms with Crippen LogP contribution in [0.2, 0.25) is 0 Å². The molecule has 10 heteroatoms. The minimum atomic E-state index is -4.44. The minimum Gasteiger partial charge on any atom is -0.300 e. The SMILES string of the molecule is CP1(=O)O[P+](=O)OP(=O)(O)O1. The van der Waals surface area contributed by atoms with Crippen LogP contribution >= 0.6 is 23.7 Å². The van der Waals surface area contributed by atoms with Crippen molar-refractivity contribution in [1.82, 2.24) is 0 Å². The molecule has 1 N–H and O–H groups in total. The van der Waals surface area contributed by atoms with E-state index >= 15 is 0 Å². The molecule has 1 heterocycles. The van der Waals surface area contributed by atoms with E-state index in [0.29, 0.717) is 0 Å². The molecule has 0 aromatic rings. The molecule has 3 atom stereocenters. The molecule has 0 aromatic carbocycles. The quantitative estimate of drug-likeness (QED) is 0.620. The lowest BCUT2D eigenvalue weighted by molar-refractivity contribution is 0.240. The summed E-state index contributed by atoms with van der Waals surface area (Å²) in [5.41, 5.74) is 0. The average molecular weight is 221 g/mol. The van der Waals surface area contributed by atoms with E-state index in [4.69, 9.17) is 4.89 Å². The topological polar surface area (TPSA) is 99.1 Å². The Morgan fingerprint density at radius 2 is 1.91 bits per heavy atom. The molecule has 0 saturated carbocycles. The van der Waals surface area contributed by atoms with Crippen molar-refractivity contribution in [3.8, 4) is 0 Å². The monoisotopic (exact) mass is 221 g/mol. The summed E-state index contributed by atoms with van der Waals surface area (Å²) in [6.45, 7) is 0.922. The first-order valence-corrected chi connectivity index (χ1v) is 6.87. The minimum absolute atomic E-state index is 0.922. The maximum atomic E-state index is 10.8. The Bertz CT molecular complexity index is 253. The van der Waals surface area contributed by atoms with Gasteiger partial charge in [0.05, 0.1) is 0 Å². The van der Waals surface area contributed by atoms with Gasteiger partial charge in [-0.3, -0.25) is 9.46 Å². The van der Waals surface area contributed by atoms with Crippen LogP contribution in [0, 0.1) is 0 Å². The first-order chi connectivity index (χ1) is 4.81. The molecule has 1 aliphatic heterocycles. The van der Waals surface area contributed by atoms with E-state index in [-0.39, 0.29) is 0 Å². The highest BCUT2D eigenvalue weighted by Gasteiger charge is 2.53. The molecule has 64 valence electrons. The second-order valence-electron chi connectivity index (χ2n) is 1.71. The summed E-state index contributed by atoms with van der Waals surface area (Å²) in [7, 11) is -10.9. The maximum absolute atomic E-state index is 10.8. The molecule has 0 spiro atoms. The Morgan fingerprint density at radius 1 is 1.36 bits per heavy atom. The Hall–Kier alpha value is 0.400. The maximum Gasteiger partial charge on any atom is 0.717 e. The predicted octanol–water partition coefficient (Wildman–Crippen LogP) is 1.63. The molecule has 11 heavy (non-hydrogen) atoms. The standard InChI is InChI=1S/CH3O7P3/c1-10(3)6-9(2)7-11(4,5)8-10/h1H3/p+1. The first kappa shape index (κ1) is 9.49. The zero-order valence-corrected chi connectivity index (χ0v) is 7.92. The van der Waals surface area contributed by atoms with Crippen molar-refractivity contribution < 1.29 is 31.5 Å². The molecule has 1 aliphatic rings. The van der Waals surface area contributed by atoms with Crippen LogP contribution in [0.3, 0.4) is 0 Å². The molecular formula is CH4O7P3+. The normalized spacial score (nSPS) is 49.1. The van der Waals surface area contributed by atoms with Gasteiger partial charge >= 0.3 is 23.7 Å². The second-order valence-corrected chi connectivity index (χ2v) is 6.60. The van der Waals surface area contributed by atoms with E-state index < -0.39 is 23.7 Å². The molecule has 0 aromatic heterocycles. The van der Waals surface area contributed by atoms with E-state index in [0.717, 1.165) is 6.66 Å². The Morgan fingerprint density at radius 3 is 2.27 bits per heavy atom. The van der Waals surface area contributed by atoms with Gasteiger partial charge in [-0.05, 0) is 8.62 Å². The third-order valence-corrected chi connectivity index (χ3v) is 5.73. The van der Waals surface area contributed by atoms with Gasteiger partial charge in [-0.1, -0.05) is 0 Å². The number of phosphoric acid groups is 1. The lowest BCUT2D eigenvalue weighted by atomic mass is 12.0. The summed E-state index contributed by atoms with van der Waals surface area (Å²) in [5.74, 6) is 0. The fourth-order valence-electron chi connectivity index (χ4n) is 0.437. The van der Waals surface area contributed by atoms with Gasteiger partial charge in [0.2, 0.25) is 0 Å². The van der Waals surface area contributed by atoms with Crippen LogP contribution in [0.5, 0.6) is 0 Å². The zero-order chi connectivity index (χ0) is 8.70. The molecule has 3 unspecified atom stereocenters. The van der Waals surface area contributed by atoms with Crippen LogP contribution in [0.1, 0.15) is 0 Å². The lowest BCUT2D eigenvalue weighted by Crippen LogP contribution is -1.96. The van der Waals surface area contributed by atoms with Gasteiger partial charge < -0.3 is 0 Å². The summed E-state index contributed by atoms with van der Waals surface area (Å²) in [5, 5.41) is 0. The van der Waals surface area contributed by atoms with E-state index in [9.17, 15) is 13.7 Å². The van der Waals surface area contributed by atoms with Gasteiger partial charge in [0.25, 0.3) is 0 Å². The predicted molar refractivity (Wildman–Crippen MR) is 34.2 cm³/mol. The largest absolute Gasteiger partial charge is 0.717 e. The lowest BCUT2D eigenvalue weighted by Gasteiger charge is -2.11. The van der Waals surface area contributed by atoms with Crippen molar-refractivity contribution in [2.24, 2.45) is 0 Å². The van der Waals surface area contributed by atoms with Gasteiger partial charge in [-0.25, -0.2) is 8.88 Å². The summed E-state index contributed by atoms with van der Waals surface area (Å²) in [6.07, 6.45) is 0. The van der Waals surface area contributed by atoms with Crippen LogP contribution in [0.15, 0.2) is 0 Å². The smallest absolute Gasteiger partial charge is 0.300 e. The van der Waals surface area contributed by atoms with Crippen LogP contribution in [-0.2, 0) is 26.6 Å². The average Bonchev–Trinajstić information content (AvgIpc) is 1.49. The van der Waals surface area contributed by atoms with Crippen LogP contribution in [0.25, 0.3) is 0 Å². The summed E-state index contributed by atoms with van der Waals surface area (Å²) >= 11 is 0. The Balaban J connectivity index is 2.92. The first-order valence-electron chi connectivity index (χ1n) is 2.29. The highest BCUT2D eigenvalue weighted by molar-refractivity contribution is 7.73.